The predicted molar refractivity (Wildman–Crippen MR) is 46.8 cm³/mol. The van der Waals surface area contributed by atoms with Crippen molar-refractivity contribution in [3.63, 3.8) is 0 Å². The van der Waals surface area contributed by atoms with Gasteiger partial charge in [0.15, 0.2) is 0 Å². The molecule has 1 rings (SSSR count). The molecule has 0 bridgehead atoms. The van der Waals surface area contributed by atoms with Gasteiger partial charge in [-0.3, -0.25) is 0 Å². The fraction of sp³-hybridized carbons (Fsp3) is 0.500. The van der Waals surface area contributed by atoms with Crippen molar-refractivity contribution < 1.29 is 13.2 Å². The van der Waals surface area contributed by atoms with Gasteiger partial charge >= 0.3 is 6.18 Å². The highest BCUT2D eigenvalue weighted by Gasteiger charge is 2.40. The van der Waals surface area contributed by atoms with Crippen LogP contribution in [0.5, 0.6) is 0 Å². The Hall–Kier alpha value is -0.550. The summed E-state index contributed by atoms with van der Waals surface area (Å²) in [5.41, 5.74) is 0.291. The molecule has 0 amide bonds. The molecule has 0 aromatic carbocycles. The summed E-state index contributed by atoms with van der Waals surface area (Å²) in [4.78, 5) is 0. The molecule has 0 saturated heterocycles. The average Bonchev–Trinajstić information content (AvgIpc) is 2.49. The molecule has 1 nitrogen and oxygen atoms in total. The first kappa shape index (κ1) is 10.5. The Morgan fingerprint density at radius 2 is 2.23 bits per heavy atom. The third-order valence-electron chi connectivity index (χ3n) is 1.61. The monoisotopic (exact) mass is 209 g/mol. The summed E-state index contributed by atoms with van der Waals surface area (Å²) in [7, 11) is 0. The summed E-state index contributed by atoms with van der Waals surface area (Å²) in [5.74, 6) is 0. The Morgan fingerprint density at radius 3 is 2.62 bits per heavy atom. The second kappa shape index (κ2) is 4.11. The van der Waals surface area contributed by atoms with E-state index in [4.69, 9.17) is 0 Å². The summed E-state index contributed by atoms with van der Waals surface area (Å²) in [6.45, 7) is 1.96. The summed E-state index contributed by atoms with van der Waals surface area (Å²) >= 11 is 1.27. The summed E-state index contributed by atoms with van der Waals surface area (Å²) in [6.07, 6.45) is -4.21. The maximum absolute atomic E-state index is 12.4. The smallest absolute Gasteiger partial charge is 0.303 e. The van der Waals surface area contributed by atoms with Gasteiger partial charge in [0.1, 0.15) is 6.04 Å². The molecule has 0 aliphatic carbocycles. The highest BCUT2D eigenvalue weighted by molar-refractivity contribution is 7.07. The number of rotatable bonds is 3. The van der Waals surface area contributed by atoms with Crippen LogP contribution >= 0.6 is 11.3 Å². The number of alkyl halides is 3. The van der Waals surface area contributed by atoms with Crippen LogP contribution in [0.25, 0.3) is 0 Å². The second-order valence-electron chi connectivity index (χ2n) is 2.59. The van der Waals surface area contributed by atoms with E-state index < -0.39 is 12.2 Å². The third-order valence-corrected chi connectivity index (χ3v) is 2.31. The Labute approximate surface area is 78.6 Å². The maximum atomic E-state index is 12.4. The van der Waals surface area contributed by atoms with Gasteiger partial charge in [-0.2, -0.15) is 24.5 Å². The van der Waals surface area contributed by atoms with Crippen molar-refractivity contribution >= 4 is 11.3 Å². The minimum atomic E-state index is -4.21. The zero-order valence-corrected chi connectivity index (χ0v) is 7.88. The van der Waals surface area contributed by atoms with Crippen molar-refractivity contribution in [1.82, 2.24) is 5.32 Å². The SMILES string of the molecule is CCNC(c1ccsc1)C(F)(F)F. The van der Waals surface area contributed by atoms with Crippen LogP contribution in [0.4, 0.5) is 13.2 Å². The predicted octanol–water partition coefficient (Wildman–Crippen LogP) is 2.96. The lowest BCUT2D eigenvalue weighted by Crippen LogP contribution is -2.33. The Bertz CT molecular complexity index is 242. The van der Waals surface area contributed by atoms with E-state index in [0.29, 0.717) is 12.1 Å². The number of halogens is 3. The topological polar surface area (TPSA) is 12.0 Å². The number of nitrogens with one attached hydrogen (secondary N) is 1. The van der Waals surface area contributed by atoms with Gasteiger partial charge in [0.05, 0.1) is 0 Å². The lowest BCUT2D eigenvalue weighted by Gasteiger charge is -2.19. The molecule has 1 aromatic rings. The first-order valence-corrected chi connectivity index (χ1v) is 4.82. The van der Waals surface area contributed by atoms with E-state index in [1.807, 2.05) is 0 Å². The van der Waals surface area contributed by atoms with Crippen LogP contribution < -0.4 is 5.32 Å². The van der Waals surface area contributed by atoms with E-state index in [1.54, 1.807) is 12.3 Å². The summed E-state index contributed by atoms with van der Waals surface area (Å²) in [5, 5.41) is 5.57. The zero-order valence-electron chi connectivity index (χ0n) is 7.06. The first-order chi connectivity index (χ1) is 6.05. The van der Waals surface area contributed by atoms with Crippen molar-refractivity contribution in [2.45, 2.75) is 19.1 Å². The Balaban J connectivity index is 2.81. The molecule has 0 saturated carbocycles. The zero-order chi connectivity index (χ0) is 9.90. The maximum Gasteiger partial charge on any atom is 0.407 e. The van der Waals surface area contributed by atoms with Crippen molar-refractivity contribution in [2.24, 2.45) is 0 Å². The number of hydrogen-bond donors (Lipinski definition) is 1. The van der Waals surface area contributed by atoms with Crippen molar-refractivity contribution in [3.05, 3.63) is 22.4 Å². The van der Waals surface area contributed by atoms with Crippen LogP contribution in [0.3, 0.4) is 0 Å². The highest BCUT2D eigenvalue weighted by Crippen LogP contribution is 2.33. The van der Waals surface area contributed by atoms with Crippen LogP contribution in [0.15, 0.2) is 16.8 Å². The standard InChI is InChI=1S/C8H10F3NS/c1-2-12-7(8(9,10)11)6-3-4-13-5-6/h3-5,7,12H,2H2,1H3. The van der Waals surface area contributed by atoms with E-state index in [-0.39, 0.29) is 0 Å². The molecule has 1 atom stereocenters. The molecule has 74 valence electrons. The van der Waals surface area contributed by atoms with Gasteiger partial charge in [0.25, 0.3) is 0 Å². The molecule has 0 radical (unpaired) electrons. The highest BCUT2D eigenvalue weighted by atomic mass is 32.1. The Kier molecular flexibility index (Phi) is 3.33. The van der Waals surface area contributed by atoms with E-state index >= 15 is 0 Å². The largest absolute Gasteiger partial charge is 0.407 e. The fourth-order valence-electron chi connectivity index (χ4n) is 1.07. The molecule has 0 aliphatic rings. The molecule has 1 N–H and O–H groups in total. The van der Waals surface area contributed by atoms with Gasteiger partial charge in [0, 0.05) is 0 Å². The van der Waals surface area contributed by atoms with Crippen LogP contribution in [-0.2, 0) is 0 Å². The molecule has 0 fully saturated rings. The molecule has 1 aromatic heterocycles. The van der Waals surface area contributed by atoms with Crippen LogP contribution in [0.2, 0.25) is 0 Å². The van der Waals surface area contributed by atoms with Crippen LogP contribution in [0, 0.1) is 0 Å². The van der Waals surface area contributed by atoms with Gasteiger partial charge < -0.3 is 5.32 Å². The molecule has 1 heterocycles. The van der Waals surface area contributed by atoms with Crippen molar-refractivity contribution in [2.75, 3.05) is 6.54 Å². The quantitative estimate of drug-likeness (QED) is 0.807. The Morgan fingerprint density at radius 1 is 1.54 bits per heavy atom. The summed E-state index contributed by atoms with van der Waals surface area (Å²) in [6, 6.07) is -0.0328. The van der Waals surface area contributed by atoms with Gasteiger partial charge in [0.2, 0.25) is 0 Å². The molecule has 0 aliphatic heterocycles. The van der Waals surface area contributed by atoms with Gasteiger partial charge in [-0.1, -0.05) is 6.92 Å². The normalized spacial score (nSPS) is 14.5. The van der Waals surface area contributed by atoms with E-state index in [0.717, 1.165) is 0 Å². The first-order valence-electron chi connectivity index (χ1n) is 3.88. The molecular weight excluding hydrogens is 199 g/mol. The summed E-state index contributed by atoms with van der Waals surface area (Å²) < 4.78 is 37.2. The molecule has 0 spiro atoms. The van der Waals surface area contributed by atoms with E-state index in [9.17, 15) is 13.2 Å². The minimum Gasteiger partial charge on any atom is -0.303 e. The molecule has 13 heavy (non-hydrogen) atoms. The average molecular weight is 209 g/mol. The fourth-order valence-corrected chi connectivity index (χ4v) is 1.75. The van der Waals surface area contributed by atoms with Gasteiger partial charge in [-0.25, -0.2) is 0 Å². The molecule has 1 unspecified atom stereocenters. The van der Waals surface area contributed by atoms with E-state index in [1.165, 1.54) is 22.8 Å². The number of thiophene rings is 1. The number of hydrogen-bond acceptors (Lipinski definition) is 2. The van der Waals surface area contributed by atoms with E-state index in [2.05, 4.69) is 5.32 Å². The second-order valence-corrected chi connectivity index (χ2v) is 3.37. The molecule has 5 heteroatoms. The van der Waals surface area contributed by atoms with Crippen molar-refractivity contribution in [1.29, 1.82) is 0 Å². The van der Waals surface area contributed by atoms with Gasteiger partial charge in [-0.05, 0) is 28.9 Å². The lowest BCUT2D eigenvalue weighted by atomic mass is 10.1. The molecular formula is C8H10F3NS. The van der Waals surface area contributed by atoms with Crippen LogP contribution in [0.1, 0.15) is 18.5 Å². The minimum absolute atomic E-state index is 0.291. The van der Waals surface area contributed by atoms with Crippen LogP contribution in [-0.4, -0.2) is 12.7 Å². The van der Waals surface area contributed by atoms with Gasteiger partial charge in [-0.15, -0.1) is 0 Å². The van der Waals surface area contributed by atoms with Crippen molar-refractivity contribution in [3.8, 4) is 0 Å². The lowest BCUT2D eigenvalue weighted by molar-refractivity contribution is -0.157. The third kappa shape index (κ3) is 2.70.